The van der Waals surface area contributed by atoms with Crippen LogP contribution in [0.25, 0.3) is 0 Å². The van der Waals surface area contributed by atoms with E-state index in [0.29, 0.717) is 12.2 Å². The van der Waals surface area contributed by atoms with E-state index in [4.69, 9.17) is 10.9 Å². The van der Waals surface area contributed by atoms with Crippen LogP contribution in [-0.4, -0.2) is 36.2 Å². The zero-order chi connectivity index (χ0) is 13.9. The Bertz CT molecular complexity index is 625. The molecule has 0 spiro atoms. The Balaban J connectivity index is 2.07. The third-order valence-electron chi connectivity index (χ3n) is 2.73. The van der Waals surface area contributed by atoms with Crippen LogP contribution in [-0.2, 0) is 16.4 Å². The van der Waals surface area contributed by atoms with Gasteiger partial charge < -0.3 is 16.3 Å². The molecule has 0 saturated carbocycles. The Labute approximate surface area is 110 Å². The quantitative estimate of drug-likeness (QED) is 0.299. The van der Waals surface area contributed by atoms with Crippen LogP contribution < -0.4 is 11.1 Å². The molecule has 0 fully saturated rings. The highest BCUT2D eigenvalue weighted by Crippen LogP contribution is 2.10. The molecule has 0 amide bonds. The zero-order valence-electron chi connectivity index (χ0n) is 10.0. The van der Waals surface area contributed by atoms with Crippen molar-refractivity contribution in [3.05, 3.63) is 41.1 Å². The number of amidine groups is 1. The summed E-state index contributed by atoms with van der Waals surface area (Å²) in [7, 11) is -3.08. The van der Waals surface area contributed by atoms with E-state index in [1.807, 2.05) is 0 Å². The van der Waals surface area contributed by atoms with Crippen LogP contribution in [0.15, 0.2) is 35.0 Å². The molecule has 0 radical (unpaired) electrons. The van der Waals surface area contributed by atoms with Crippen LogP contribution in [0.5, 0.6) is 0 Å². The lowest BCUT2D eigenvalue weighted by Crippen LogP contribution is -2.30. The van der Waals surface area contributed by atoms with Gasteiger partial charge in [0.25, 0.3) is 0 Å². The molecule has 19 heavy (non-hydrogen) atoms. The molecule has 0 bridgehead atoms. The topological polar surface area (TPSA) is 118 Å². The second kappa shape index (κ2) is 5.37. The van der Waals surface area contributed by atoms with Crippen LogP contribution in [0, 0.1) is 0 Å². The summed E-state index contributed by atoms with van der Waals surface area (Å²) < 4.78 is 22.5. The van der Waals surface area contributed by atoms with Gasteiger partial charge in [0.05, 0.1) is 5.75 Å². The fourth-order valence-corrected chi connectivity index (χ4v) is 3.07. The van der Waals surface area contributed by atoms with Crippen molar-refractivity contribution < 1.29 is 13.6 Å². The number of nitrogens with two attached hydrogens (primary N) is 1. The predicted octanol–water partition coefficient (Wildman–Crippen LogP) is -0.424. The number of rotatable bonds is 4. The van der Waals surface area contributed by atoms with Gasteiger partial charge >= 0.3 is 0 Å². The van der Waals surface area contributed by atoms with Gasteiger partial charge in [-0.15, -0.1) is 0 Å². The van der Waals surface area contributed by atoms with Crippen molar-refractivity contribution in [3.8, 4) is 0 Å². The number of nitrogens with one attached hydrogen (secondary N) is 1. The Kier molecular flexibility index (Phi) is 3.82. The summed E-state index contributed by atoms with van der Waals surface area (Å²) in [6.07, 6.45) is 3.14. The molecule has 7 nitrogen and oxygen atoms in total. The van der Waals surface area contributed by atoms with Crippen molar-refractivity contribution in [1.82, 2.24) is 10.3 Å². The highest BCUT2D eigenvalue weighted by atomic mass is 32.2. The van der Waals surface area contributed by atoms with E-state index in [9.17, 15) is 8.42 Å². The summed E-state index contributed by atoms with van der Waals surface area (Å²) >= 11 is 0. The molecule has 1 unspecified atom stereocenters. The number of sulfone groups is 1. The minimum atomic E-state index is -3.08. The highest BCUT2D eigenvalue weighted by Gasteiger charge is 2.21. The number of hydrogen-bond donors (Lipinski definition) is 3. The van der Waals surface area contributed by atoms with Gasteiger partial charge in [0, 0.05) is 24.2 Å². The van der Waals surface area contributed by atoms with Crippen LogP contribution in [0.4, 0.5) is 0 Å². The van der Waals surface area contributed by atoms with Gasteiger partial charge in [-0.25, -0.2) is 8.42 Å². The number of nitrogens with zero attached hydrogens (tertiary/aromatic N) is 2. The lowest BCUT2D eigenvalue weighted by atomic mass is 10.1. The Morgan fingerprint density at radius 3 is 3.05 bits per heavy atom. The summed E-state index contributed by atoms with van der Waals surface area (Å²) in [6, 6.07) is 3.28. The molecule has 0 aliphatic carbocycles. The predicted molar refractivity (Wildman–Crippen MR) is 70.3 cm³/mol. The summed E-state index contributed by atoms with van der Waals surface area (Å²) in [5, 5.41) is 15.9. The summed E-state index contributed by atoms with van der Waals surface area (Å²) in [4.78, 5) is 4.03. The second-order valence-electron chi connectivity index (χ2n) is 4.14. The van der Waals surface area contributed by atoms with E-state index in [0.717, 1.165) is 5.56 Å². The summed E-state index contributed by atoms with van der Waals surface area (Å²) in [5.74, 6) is -0.0291. The second-order valence-corrected chi connectivity index (χ2v) is 6.07. The average Bonchev–Trinajstić information content (AvgIpc) is 2.75. The Morgan fingerprint density at radius 1 is 1.63 bits per heavy atom. The van der Waals surface area contributed by atoms with Gasteiger partial charge in [-0.1, -0.05) is 17.3 Å². The third-order valence-corrected chi connectivity index (χ3v) is 4.12. The maximum Gasteiger partial charge on any atom is 0.189 e. The van der Waals surface area contributed by atoms with Gasteiger partial charge in [-0.05, 0) is 11.6 Å². The number of pyridine rings is 1. The normalized spacial score (nSPS) is 21.7. The first-order chi connectivity index (χ1) is 9.02. The standard InChI is InChI=1S/C11H14N4O3S/c12-11(15-16)10-8(2-1-4-13-10)6-14-9-3-5-19(17,18)7-9/h1-5,9,14,16H,6-7H2,(H2,12,15). The zero-order valence-corrected chi connectivity index (χ0v) is 10.8. The Morgan fingerprint density at radius 2 is 2.42 bits per heavy atom. The first kappa shape index (κ1) is 13.5. The average molecular weight is 282 g/mol. The van der Waals surface area contributed by atoms with Crippen LogP contribution in [0.2, 0.25) is 0 Å². The lowest BCUT2D eigenvalue weighted by molar-refractivity contribution is 0.318. The maximum absolute atomic E-state index is 11.3. The fourth-order valence-electron chi connectivity index (χ4n) is 1.80. The largest absolute Gasteiger partial charge is 0.409 e. The van der Waals surface area contributed by atoms with Crippen molar-refractivity contribution in [2.75, 3.05) is 5.75 Å². The molecule has 4 N–H and O–H groups in total. The molecule has 0 aromatic carbocycles. The molecule has 1 aromatic heterocycles. The molecule has 8 heteroatoms. The van der Waals surface area contributed by atoms with E-state index in [2.05, 4.69) is 15.5 Å². The minimum absolute atomic E-state index is 0.0478. The molecular formula is C11H14N4O3S. The molecule has 1 aliphatic rings. The first-order valence-electron chi connectivity index (χ1n) is 5.58. The number of oxime groups is 1. The summed E-state index contributed by atoms with van der Waals surface area (Å²) in [6.45, 7) is 0.379. The minimum Gasteiger partial charge on any atom is -0.409 e. The molecule has 1 aliphatic heterocycles. The monoisotopic (exact) mass is 282 g/mol. The lowest BCUT2D eigenvalue weighted by Gasteiger charge is -2.11. The molecule has 1 atom stereocenters. The van der Waals surface area contributed by atoms with Crippen LogP contribution in [0.3, 0.4) is 0 Å². The molecule has 2 heterocycles. The van der Waals surface area contributed by atoms with Crippen molar-refractivity contribution >= 4 is 15.7 Å². The van der Waals surface area contributed by atoms with E-state index < -0.39 is 9.84 Å². The number of aromatic nitrogens is 1. The third kappa shape index (κ3) is 3.30. The van der Waals surface area contributed by atoms with Crippen LogP contribution >= 0.6 is 0 Å². The first-order valence-corrected chi connectivity index (χ1v) is 7.29. The smallest absolute Gasteiger partial charge is 0.189 e. The molecule has 102 valence electrons. The van der Waals surface area contributed by atoms with E-state index in [1.165, 1.54) is 11.6 Å². The highest BCUT2D eigenvalue weighted by molar-refractivity contribution is 7.94. The molecular weight excluding hydrogens is 268 g/mol. The Hall–Kier alpha value is -1.93. The van der Waals surface area contributed by atoms with Crippen molar-refractivity contribution in [2.24, 2.45) is 10.9 Å². The summed E-state index contributed by atoms with van der Waals surface area (Å²) in [5.41, 5.74) is 6.63. The van der Waals surface area contributed by atoms with E-state index in [1.54, 1.807) is 18.2 Å². The van der Waals surface area contributed by atoms with Crippen molar-refractivity contribution in [2.45, 2.75) is 12.6 Å². The van der Waals surface area contributed by atoms with Gasteiger partial charge in [0.15, 0.2) is 15.7 Å². The molecule has 2 rings (SSSR count). The van der Waals surface area contributed by atoms with Gasteiger partial charge in [0.1, 0.15) is 5.69 Å². The molecule has 1 aromatic rings. The van der Waals surface area contributed by atoms with Crippen LogP contribution in [0.1, 0.15) is 11.3 Å². The van der Waals surface area contributed by atoms with E-state index in [-0.39, 0.29) is 17.6 Å². The fraction of sp³-hybridized carbons (Fsp3) is 0.273. The van der Waals surface area contributed by atoms with Crippen molar-refractivity contribution in [3.63, 3.8) is 0 Å². The van der Waals surface area contributed by atoms with Crippen molar-refractivity contribution in [1.29, 1.82) is 0 Å². The van der Waals surface area contributed by atoms with Gasteiger partial charge in [-0.3, -0.25) is 4.98 Å². The van der Waals surface area contributed by atoms with Gasteiger partial charge in [-0.2, -0.15) is 0 Å². The maximum atomic E-state index is 11.3. The SMILES string of the molecule is NC(=NO)c1ncccc1CNC1C=CS(=O)(=O)C1. The number of hydrogen-bond acceptors (Lipinski definition) is 6. The molecule has 0 saturated heterocycles. The van der Waals surface area contributed by atoms with E-state index >= 15 is 0 Å². The van der Waals surface area contributed by atoms with Gasteiger partial charge in [0.2, 0.25) is 0 Å².